The van der Waals surface area contributed by atoms with E-state index in [0.29, 0.717) is 41.8 Å². The van der Waals surface area contributed by atoms with Gasteiger partial charge < -0.3 is 0 Å². The topological polar surface area (TPSA) is 47.6 Å². The number of carbonyl (C=O) groups excluding carboxylic acids is 1. The third-order valence-electron chi connectivity index (χ3n) is 5.20. The first-order chi connectivity index (χ1) is 15.8. The van der Waals surface area contributed by atoms with Crippen LogP contribution in [0.25, 0.3) is 0 Å². The van der Waals surface area contributed by atoms with E-state index in [-0.39, 0.29) is 5.91 Å². The number of carbonyl (C=O) groups is 1. The average Bonchev–Trinajstić information content (AvgIpc) is 2.75. The summed E-state index contributed by atoms with van der Waals surface area (Å²) >= 11 is 18.6. The Bertz CT molecular complexity index is 1120. The minimum atomic E-state index is -0.0788. The number of hydrogen-bond acceptors (Lipinski definition) is 3. The number of rotatable bonds is 4. The van der Waals surface area contributed by atoms with Gasteiger partial charge in [0.05, 0.1) is 0 Å². The molecule has 3 aromatic carbocycles. The summed E-state index contributed by atoms with van der Waals surface area (Å²) in [6, 6.07) is 16.3. The van der Waals surface area contributed by atoms with E-state index in [1.807, 2.05) is 38.1 Å². The number of benzene rings is 3. The van der Waals surface area contributed by atoms with Crippen molar-refractivity contribution in [2.45, 2.75) is 23.4 Å². The number of aryl methyl sites for hydroxylation is 1. The Morgan fingerprint density at radius 1 is 1.12 bits per heavy atom. The number of fused-ring (bicyclic) bond motifs is 1. The van der Waals surface area contributed by atoms with Crippen molar-refractivity contribution in [3.05, 3.63) is 86.4 Å². The molecule has 0 aromatic heterocycles. The number of halogens is 3. The molecule has 1 heterocycles. The molecule has 3 aromatic rings. The van der Waals surface area contributed by atoms with E-state index in [0.717, 1.165) is 52.3 Å². The van der Waals surface area contributed by atoms with Crippen molar-refractivity contribution in [3.8, 4) is 17.2 Å². The second-order valence-corrected chi connectivity index (χ2v) is 10.4. The molecule has 1 atom stereocenters. The van der Waals surface area contributed by atoms with E-state index in [2.05, 4.69) is 5.32 Å². The minimum absolute atomic E-state index is 0.0788. The molecule has 1 unspecified atom stereocenters. The molecule has 33 heavy (non-hydrogen) atoms. The molecule has 0 aliphatic carbocycles. The molecule has 0 radical (unpaired) electrons. The summed E-state index contributed by atoms with van der Waals surface area (Å²) in [5.74, 6) is 2.00. The van der Waals surface area contributed by atoms with E-state index in [9.17, 15) is 4.79 Å². The smallest absolute Gasteiger partial charge is 0.0420 e. The Morgan fingerprint density at radius 2 is 1.85 bits per heavy atom. The monoisotopic (exact) mass is 513 g/mol. The maximum Gasteiger partial charge on any atom is 0.0420 e. The molecule has 8 heteroatoms. The molecule has 0 bridgehead atoms. The molecule has 0 fully saturated rings. The van der Waals surface area contributed by atoms with Crippen molar-refractivity contribution in [1.82, 2.24) is 5.32 Å². The van der Waals surface area contributed by atoms with Gasteiger partial charge in [0.2, 0.25) is 0 Å². The van der Waals surface area contributed by atoms with Crippen molar-refractivity contribution in [2.24, 2.45) is 0 Å². The predicted molar refractivity (Wildman–Crippen MR) is 136 cm³/mol. The fourth-order valence-electron chi connectivity index (χ4n) is 3.44. The molecule has 1 amide bonds. The van der Waals surface area contributed by atoms with Crippen LogP contribution in [0.4, 0.5) is 0 Å². The first-order valence-electron chi connectivity index (χ1n) is 10.7. The summed E-state index contributed by atoms with van der Waals surface area (Å²) in [6.45, 7) is 5.13. The van der Waals surface area contributed by atoms with Crippen LogP contribution in [-0.4, -0.2) is 47.0 Å². The molecular weight excluding hydrogens is 492 g/mol. The molecule has 4 rings (SSSR count). The maximum absolute atomic E-state index is 12.0. The third kappa shape index (κ3) is 7.29. The first kappa shape index (κ1) is 26.2. The summed E-state index contributed by atoms with van der Waals surface area (Å²) in [6.07, 6.45) is 1.05. The van der Waals surface area contributed by atoms with E-state index >= 15 is 0 Å². The Hall–Kier alpha value is -1.40. The summed E-state index contributed by atoms with van der Waals surface area (Å²) < 4.78 is 12.3. The SMILES string of the molecule is CCNC(=O)c1ccc(Oc2cc3c(cc2Cl)[CH]([Na])CCO3)cc1C.Clc1cccc(Cl)c1. The number of hydrogen-bond donors (Lipinski definition) is 1. The van der Waals surface area contributed by atoms with Crippen LogP contribution in [0.5, 0.6) is 17.2 Å². The largest absolute Gasteiger partial charge is 0.0843 e. The van der Waals surface area contributed by atoms with Crippen molar-refractivity contribution in [1.29, 1.82) is 0 Å². The fourth-order valence-corrected chi connectivity index (χ4v) is 4.77. The second kappa shape index (κ2) is 12.3. The second-order valence-electron chi connectivity index (χ2n) is 7.74. The molecule has 0 spiro atoms. The van der Waals surface area contributed by atoms with Crippen molar-refractivity contribution in [3.63, 3.8) is 0 Å². The van der Waals surface area contributed by atoms with Gasteiger partial charge in [-0.2, -0.15) is 0 Å². The molecule has 0 saturated heterocycles. The maximum atomic E-state index is 12.0. The van der Waals surface area contributed by atoms with Crippen molar-refractivity contribution in [2.75, 3.05) is 13.2 Å². The standard InChI is InChI=1S/C19H19ClNO3.C6H4Cl2.Na/c1-3-21-19(22)15-7-6-14(9-12(15)2)24-18-11-17-13(10-16(18)20)5-4-8-23-17;7-5-2-1-3-6(8)4-5;/h5-7,9-11H,3-4,8H2,1-2H3,(H,21,22);1-4H;. The summed E-state index contributed by atoms with van der Waals surface area (Å²) in [4.78, 5) is 12.0. The molecule has 1 N–H and O–H groups in total. The number of amides is 1. The van der Waals surface area contributed by atoms with E-state index < -0.39 is 0 Å². The average molecular weight is 515 g/mol. The zero-order valence-electron chi connectivity index (χ0n) is 18.8. The van der Waals surface area contributed by atoms with Crippen LogP contribution in [0.2, 0.25) is 15.1 Å². The van der Waals surface area contributed by atoms with Gasteiger partial charge in [0.25, 0.3) is 0 Å². The van der Waals surface area contributed by atoms with Crippen LogP contribution in [0, 0.1) is 6.92 Å². The molecular formula is C25H23Cl3NNaO3. The van der Waals surface area contributed by atoms with Crippen molar-refractivity contribution < 1.29 is 14.3 Å². The first-order valence-corrected chi connectivity index (χ1v) is 13.0. The summed E-state index contributed by atoms with van der Waals surface area (Å²) in [5.41, 5.74) is 2.68. The van der Waals surface area contributed by atoms with E-state index in [1.165, 1.54) is 5.56 Å². The molecule has 0 saturated carbocycles. The van der Waals surface area contributed by atoms with Crippen LogP contribution in [0.15, 0.2) is 54.6 Å². The van der Waals surface area contributed by atoms with Crippen LogP contribution in [-0.2, 0) is 0 Å². The molecule has 4 nitrogen and oxygen atoms in total. The zero-order chi connectivity index (χ0) is 24.0. The van der Waals surface area contributed by atoms with Crippen LogP contribution in [0.3, 0.4) is 0 Å². The summed E-state index contributed by atoms with van der Waals surface area (Å²) in [5, 5.41) is 4.74. The summed E-state index contributed by atoms with van der Waals surface area (Å²) in [7, 11) is 0. The Labute approximate surface area is 226 Å². The van der Waals surface area contributed by atoms with Crippen LogP contribution >= 0.6 is 34.8 Å². The van der Waals surface area contributed by atoms with E-state index in [4.69, 9.17) is 44.3 Å². The Balaban J connectivity index is 0.000000323. The van der Waals surface area contributed by atoms with Gasteiger partial charge in [-0.1, -0.05) is 29.3 Å². The van der Waals surface area contributed by atoms with Crippen molar-refractivity contribution >= 4 is 68.6 Å². The number of nitrogens with one attached hydrogen (secondary N) is 1. The van der Waals surface area contributed by atoms with E-state index in [1.54, 1.807) is 30.3 Å². The van der Waals surface area contributed by atoms with Gasteiger partial charge in [-0.05, 0) is 25.1 Å². The quantitative estimate of drug-likeness (QED) is 0.375. The van der Waals surface area contributed by atoms with Crippen LogP contribution < -0.4 is 14.8 Å². The van der Waals surface area contributed by atoms with Gasteiger partial charge in [0.1, 0.15) is 0 Å². The molecule has 168 valence electrons. The van der Waals surface area contributed by atoms with Gasteiger partial charge in [0, 0.05) is 16.6 Å². The Morgan fingerprint density at radius 3 is 2.45 bits per heavy atom. The molecule has 1 aliphatic heterocycles. The fraction of sp³-hybridized carbons (Fsp3) is 0.240. The minimum Gasteiger partial charge on any atom is -0.0843 e. The van der Waals surface area contributed by atoms with Gasteiger partial charge in [-0.3, -0.25) is 0 Å². The molecule has 1 aliphatic rings. The normalized spacial score (nSPS) is 14.3. The zero-order valence-corrected chi connectivity index (χ0v) is 23.0. The van der Waals surface area contributed by atoms with Gasteiger partial charge in [-0.25, -0.2) is 0 Å². The Kier molecular flexibility index (Phi) is 9.81. The number of ether oxygens (including phenoxy) is 2. The predicted octanol–water partition coefficient (Wildman–Crippen LogP) is 7.18. The van der Waals surface area contributed by atoms with Gasteiger partial charge in [0.15, 0.2) is 0 Å². The van der Waals surface area contributed by atoms with Gasteiger partial charge >= 0.3 is 157 Å². The van der Waals surface area contributed by atoms with Gasteiger partial charge in [-0.15, -0.1) is 0 Å². The third-order valence-corrected chi connectivity index (χ3v) is 7.16. The van der Waals surface area contributed by atoms with Crippen LogP contribution in [0.1, 0.15) is 38.0 Å².